The number of rotatable bonds is 6. The summed E-state index contributed by atoms with van der Waals surface area (Å²) in [7, 11) is 1.61. The Kier molecular flexibility index (Phi) is 5.67. The number of anilines is 2. The van der Waals surface area contributed by atoms with Gasteiger partial charge in [0.05, 0.1) is 36.4 Å². The maximum absolute atomic E-state index is 13.7. The van der Waals surface area contributed by atoms with Gasteiger partial charge >= 0.3 is 0 Å². The summed E-state index contributed by atoms with van der Waals surface area (Å²) < 4.78 is 12.9. The molecule has 2 N–H and O–H groups in total. The van der Waals surface area contributed by atoms with E-state index in [0.717, 1.165) is 33.8 Å². The molecule has 0 radical (unpaired) electrons. The number of carbonyl (C=O) groups excluding carboxylic acids is 1. The molecule has 0 bridgehead atoms. The highest BCUT2D eigenvalue weighted by molar-refractivity contribution is 6.06. The van der Waals surface area contributed by atoms with Gasteiger partial charge in [0.2, 0.25) is 5.95 Å². The zero-order chi connectivity index (χ0) is 23.7. The fraction of sp³-hybridized carbons (Fsp3) is 0.185. The molecule has 1 amide bonds. The third-order valence-corrected chi connectivity index (χ3v) is 5.93. The van der Waals surface area contributed by atoms with Gasteiger partial charge in [-0.1, -0.05) is 24.3 Å². The largest absolute Gasteiger partial charge is 0.497 e. The Morgan fingerprint density at radius 1 is 1.03 bits per heavy atom. The Balaban J connectivity index is 1.60. The lowest BCUT2D eigenvalue weighted by Crippen LogP contribution is -2.30. The Hall–Kier alpha value is -4.26. The van der Waals surface area contributed by atoms with E-state index in [1.165, 1.54) is 0 Å². The van der Waals surface area contributed by atoms with Gasteiger partial charge < -0.3 is 20.1 Å². The number of methoxy groups -OCH3 is 1. The normalized spacial score (nSPS) is 15.0. The number of para-hydroxylation sites is 2. The maximum Gasteiger partial charge on any atom is 0.255 e. The second-order valence-corrected chi connectivity index (χ2v) is 8.05. The van der Waals surface area contributed by atoms with Gasteiger partial charge in [-0.15, -0.1) is 0 Å². The van der Waals surface area contributed by atoms with Crippen LogP contribution in [0.2, 0.25) is 0 Å². The number of benzene rings is 3. The summed E-state index contributed by atoms with van der Waals surface area (Å²) in [6.45, 7) is 4.46. The van der Waals surface area contributed by atoms with Crippen LogP contribution in [-0.4, -0.2) is 29.2 Å². The van der Waals surface area contributed by atoms with Crippen LogP contribution in [0.1, 0.15) is 25.5 Å². The van der Waals surface area contributed by atoms with Gasteiger partial charge in [-0.05, 0) is 67.9 Å². The molecule has 7 nitrogen and oxygen atoms in total. The molecule has 1 aromatic heterocycles. The molecule has 3 aromatic carbocycles. The van der Waals surface area contributed by atoms with Crippen LogP contribution in [0.25, 0.3) is 11.0 Å². The van der Waals surface area contributed by atoms with Crippen LogP contribution in [-0.2, 0) is 4.79 Å². The number of aromatic nitrogens is 2. The fourth-order valence-corrected chi connectivity index (χ4v) is 4.36. The summed E-state index contributed by atoms with van der Waals surface area (Å²) >= 11 is 0. The number of allylic oxidation sites excluding steroid dienone is 1. The molecule has 1 aliphatic heterocycles. The smallest absolute Gasteiger partial charge is 0.255 e. The monoisotopic (exact) mass is 454 g/mol. The second-order valence-electron chi connectivity index (χ2n) is 8.05. The van der Waals surface area contributed by atoms with Crippen molar-refractivity contribution in [1.82, 2.24) is 9.55 Å². The van der Waals surface area contributed by atoms with Crippen molar-refractivity contribution < 1.29 is 14.3 Å². The summed E-state index contributed by atoms with van der Waals surface area (Å²) in [6.07, 6.45) is 0. The molecule has 172 valence electrons. The van der Waals surface area contributed by atoms with Crippen LogP contribution >= 0.6 is 0 Å². The van der Waals surface area contributed by atoms with Crippen molar-refractivity contribution in [3.63, 3.8) is 0 Å². The Bertz CT molecular complexity index is 1370. The summed E-state index contributed by atoms with van der Waals surface area (Å²) in [5.74, 6) is 2.05. The van der Waals surface area contributed by atoms with Crippen LogP contribution in [0.3, 0.4) is 0 Å². The van der Waals surface area contributed by atoms with Crippen molar-refractivity contribution in [2.24, 2.45) is 0 Å². The number of carbonyl (C=O) groups is 1. The van der Waals surface area contributed by atoms with E-state index in [9.17, 15) is 4.79 Å². The molecule has 1 aliphatic rings. The topological polar surface area (TPSA) is 77.4 Å². The van der Waals surface area contributed by atoms with Gasteiger partial charge in [-0.3, -0.25) is 9.36 Å². The van der Waals surface area contributed by atoms with Crippen molar-refractivity contribution in [2.45, 2.75) is 19.9 Å². The van der Waals surface area contributed by atoms with Gasteiger partial charge in [0.15, 0.2) is 0 Å². The number of hydrogen-bond acceptors (Lipinski definition) is 5. The van der Waals surface area contributed by atoms with Gasteiger partial charge in [0.25, 0.3) is 5.91 Å². The Labute approximate surface area is 198 Å². The molecular weight excluding hydrogens is 428 g/mol. The van der Waals surface area contributed by atoms with E-state index in [4.69, 9.17) is 14.5 Å². The molecule has 1 atom stereocenters. The van der Waals surface area contributed by atoms with Crippen molar-refractivity contribution in [1.29, 1.82) is 0 Å². The van der Waals surface area contributed by atoms with E-state index in [1.807, 2.05) is 86.6 Å². The SMILES string of the molecule is CCOc1ccc(C2C(C(=O)Nc3ccc(OC)cc3)=C(C)Nc3nc4ccccc4n32)cc1. The predicted molar refractivity (Wildman–Crippen MR) is 133 cm³/mol. The third kappa shape index (κ3) is 3.85. The third-order valence-electron chi connectivity index (χ3n) is 5.93. The molecule has 0 saturated heterocycles. The molecule has 4 aromatic rings. The number of amides is 1. The molecule has 7 heteroatoms. The first-order valence-corrected chi connectivity index (χ1v) is 11.2. The van der Waals surface area contributed by atoms with E-state index < -0.39 is 0 Å². The van der Waals surface area contributed by atoms with E-state index in [-0.39, 0.29) is 11.9 Å². The van der Waals surface area contributed by atoms with Crippen molar-refractivity contribution >= 4 is 28.6 Å². The van der Waals surface area contributed by atoms with E-state index in [1.54, 1.807) is 7.11 Å². The molecule has 1 unspecified atom stereocenters. The van der Waals surface area contributed by atoms with Crippen LogP contribution < -0.4 is 20.1 Å². The molecular formula is C27H26N4O3. The highest BCUT2D eigenvalue weighted by atomic mass is 16.5. The second kappa shape index (κ2) is 8.94. The number of nitrogens with zero attached hydrogens (tertiary/aromatic N) is 2. The van der Waals surface area contributed by atoms with Gasteiger partial charge in [-0.2, -0.15) is 0 Å². The number of nitrogens with one attached hydrogen (secondary N) is 2. The molecule has 34 heavy (non-hydrogen) atoms. The molecule has 0 saturated carbocycles. The molecule has 5 rings (SSSR count). The average Bonchev–Trinajstić information content (AvgIpc) is 3.22. The number of imidazole rings is 1. The van der Waals surface area contributed by atoms with Crippen molar-refractivity contribution in [3.8, 4) is 11.5 Å². The number of ether oxygens (including phenoxy) is 2. The van der Waals surface area contributed by atoms with Crippen LogP contribution in [0.15, 0.2) is 84.1 Å². The Morgan fingerprint density at radius 2 is 1.74 bits per heavy atom. The van der Waals surface area contributed by atoms with Crippen LogP contribution in [0, 0.1) is 0 Å². The molecule has 0 fully saturated rings. The van der Waals surface area contributed by atoms with E-state index in [2.05, 4.69) is 15.2 Å². The fourth-order valence-electron chi connectivity index (χ4n) is 4.36. The summed E-state index contributed by atoms with van der Waals surface area (Å²) in [5, 5.41) is 6.39. The lowest BCUT2D eigenvalue weighted by Gasteiger charge is -2.30. The van der Waals surface area contributed by atoms with Gasteiger partial charge in [-0.25, -0.2) is 4.98 Å². The zero-order valence-electron chi connectivity index (χ0n) is 19.3. The quantitative estimate of drug-likeness (QED) is 0.410. The van der Waals surface area contributed by atoms with Gasteiger partial charge in [0.1, 0.15) is 11.5 Å². The number of hydrogen-bond donors (Lipinski definition) is 2. The number of fused-ring (bicyclic) bond motifs is 3. The predicted octanol–water partition coefficient (Wildman–Crippen LogP) is 5.37. The minimum absolute atomic E-state index is 0.183. The maximum atomic E-state index is 13.7. The summed E-state index contributed by atoms with van der Waals surface area (Å²) in [6, 6.07) is 22.8. The van der Waals surface area contributed by atoms with Crippen LogP contribution in [0.4, 0.5) is 11.6 Å². The van der Waals surface area contributed by atoms with E-state index >= 15 is 0 Å². The molecule has 0 spiro atoms. The molecule has 2 heterocycles. The first kappa shape index (κ1) is 21.6. The van der Waals surface area contributed by atoms with Crippen molar-refractivity contribution in [2.75, 3.05) is 24.4 Å². The zero-order valence-corrected chi connectivity index (χ0v) is 19.3. The first-order valence-electron chi connectivity index (χ1n) is 11.2. The minimum Gasteiger partial charge on any atom is -0.497 e. The first-order chi connectivity index (χ1) is 16.6. The lowest BCUT2D eigenvalue weighted by molar-refractivity contribution is -0.113. The highest BCUT2D eigenvalue weighted by Gasteiger charge is 2.34. The standard InChI is InChI=1S/C27H26N4O3/c1-4-34-21-13-9-18(10-14-21)25-24(26(32)29-19-11-15-20(33-3)16-12-19)17(2)28-27-30-22-7-5-6-8-23(22)31(25)27/h5-16,25H,4H2,1-3H3,(H,28,30)(H,29,32). The van der Waals surface area contributed by atoms with Gasteiger partial charge in [0, 0.05) is 11.4 Å². The summed E-state index contributed by atoms with van der Waals surface area (Å²) in [4.78, 5) is 18.4. The highest BCUT2D eigenvalue weighted by Crippen LogP contribution is 2.40. The summed E-state index contributed by atoms with van der Waals surface area (Å²) in [5.41, 5.74) is 4.85. The lowest BCUT2D eigenvalue weighted by atomic mass is 9.94. The van der Waals surface area contributed by atoms with Crippen molar-refractivity contribution in [3.05, 3.63) is 89.6 Å². The van der Waals surface area contributed by atoms with E-state index in [0.29, 0.717) is 23.8 Å². The Morgan fingerprint density at radius 3 is 2.44 bits per heavy atom. The average molecular weight is 455 g/mol. The minimum atomic E-state index is -0.363. The van der Waals surface area contributed by atoms with Crippen LogP contribution in [0.5, 0.6) is 11.5 Å². The molecule has 0 aliphatic carbocycles.